The number of hydrogen-bond donors (Lipinski definition) is 3. The molecule has 14 heavy (non-hydrogen) atoms. The smallest absolute Gasteiger partial charge is 0.393 e. The summed E-state index contributed by atoms with van der Waals surface area (Å²) in [5.74, 6) is -3.84. The van der Waals surface area contributed by atoms with Gasteiger partial charge in [-0.3, -0.25) is 4.79 Å². The van der Waals surface area contributed by atoms with Gasteiger partial charge in [0.25, 0.3) is 11.6 Å². The highest BCUT2D eigenvalue weighted by Gasteiger charge is 2.67. The lowest BCUT2D eigenvalue weighted by Crippen LogP contribution is -2.63. The maximum atomic E-state index is 11.2. The molecule has 8 nitrogen and oxygen atoms in total. The fourth-order valence-corrected chi connectivity index (χ4v) is 2.43. The Bertz CT molecular complexity index is 318. The molecule has 0 spiro atoms. The van der Waals surface area contributed by atoms with E-state index in [1.165, 1.54) is 0 Å². The Labute approximate surface area is 77.6 Å². The molecule has 80 valence electrons. The van der Waals surface area contributed by atoms with Crippen LogP contribution in [0, 0.1) is 0 Å². The molecule has 0 saturated carbocycles. The summed E-state index contributed by atoms with van der Waals surface area (Å²) in [7, 11) is -3.91. The van der Waals surface area contributed by atoms with Crippen LogP contribution in [0.15, 0.2) is 0 Å². The minimum Gasteiger partial charge on any atom is -0.393 e. The molecule has 2 bridgehead atoms. The first-order valence-electron chi connectivity index (χ1n) is 3.64. The van der Waals surface area contributed by atoms with Gasteiger partial charge in [0.1, 0.15) is 6.10 Å². The number of ketones is 1. The largest absolute Gasteiger partial charge is 0.483 e. The Morgan fingerprint density at radius 2 is 2.14 bits per heavy atom. The van der Waals surface area contributed by atoms with Crippen molar-refractivity contribution >= 4 is 13.6 Å². The SMILES string of the molecule is O=C1C2OP(=O)(O2)O[C@@]1(O)[C@H](O)CO. The van der Waals surface area contributed by atoms with E-state index < -0.39 is 38.4 Å². The zero-order chi connectivity index (χ0) is 10.6. The number of fused-ring (bicyclic) bond motifs is 2. The molecular formula is C5H7O8P. The molecule has 3 aliphatic heterocycles. The van der Waals surface area contributed by atoms with Gasteiger partial charge in [-0.2, -0.15) is 0 Å². The molecule has 3 rings (SSSR count). The van der Waals surface area contributed by atoms with Gasteiger partial charge < -0.3 is 15.3 Å². The number of phosphoric ester groups is 1. The molecule has 3 aliphatic rings. The number of carbonyl (C=O) groups excluding carboxylic acids is 1. The van der Waals surface area contributed by atoms with Crippen molar-refractivity contribution < 1.29 is 38.3 Å². The van der Waals surface area contributed by atoms with Gasteiger partial charge in [0.2, 0.25) is 6.29 Å². The minimum atomic E-state index is -3.91. The van der Waals surface area contributed by atoms with Crippen molar-refractivity contribution in [1.82, 2.24) is 0 Å². The molecule has 3 fully saturated rings. The fraction of sp³-hybridized carbons (Fsp3) is 0.800. The topological polar surface area (TPSA) is 123 Å². The van der Waals surface area contributed by atoms with Crippen LogP contribution in [-0.2, 0) is 22.9 Å². The Kier molecular flexibility index (Phi) is 2.06. The van der Waals surface area contributed by atoms with Gasteiger partial charge in [-0.1, -0.05) is 0 Å². The highest BCUT2D eigenvalue weighted by atomic mass is 31.2. The van der Waals surface area contributed by atoms with Gasteiger partial charge in [0, 0.05) is 0 Å². The van der Waals surface area contributed by atoms with E-state index in [4.69, 9.17) is 10.2 Å². The normalized spacial score (nSPS) is 48.5. The van der Waals surface area contributed by atoms with Crippen LogP contribution in [0.5, 0.6) is 0 Å². The van der Waals surface area contributed by atoms with Crippen molar-refractivity contribution in [3.05, 3.63) is 0 Å². The molecule has 0 aromatic rings. The molecule has 0 amide bonds. The molecule has 3 heterocycles. The third kappa shape index (κ3) is 1.17. The monoisotopic (exact) mass is 226 g/mol. The predicted octanol–water partition coefficient (Wildman–Crippen LogP) is -1.89. The van der Waals surface area contributed by atoms with Gasteiger partial charge in [0.05, 0.1) is 6.61 Å². The average molecular weight is 226 g/mol. The van der Waals surface area contributed by atoms with E-state index in [1.807, 2.05) is 0 Å². The van der Waals surface area contributed by atoms with Gasteiger partial charge in [0.15, 0.2) is 0 Å². The van der Waals surface area contributed by atoms with Crippen molar-refractivity contribution in [3.63, 3.8) is 0 Å². The summed E-state index contributed by atoms with van der Waals surface area (Å²) in [5.41, 5.74) is 0. The number of Topliss-reactive ketones (excluding diaryl/α,β-unsaturated/α-hetero) is 1. The highest BCUT2D eigenvalue weighted by Crippen LogP contribution is 2.66. The first kappa shape index (κ1) is 10.2. The second-order valence-corrected chi connectivity index (χ2v) is 4.34. The van der Waals surface area contributed by atoms with Crippen LogP contribution in [0.1, 0.15) is 0 Å². The summed E-state index contributed by atoms with van der Waals surface area (Å²) < 4.78 is 24.2. The molecule has 0 aromatic heterocycles. The fourth-order valence-electron chi connectivity index (χ4n) is 1.11. The molecule has 0 aliphatic carbocycles. The molecule has 0 aromatic carbocycles. The molecule has 0 unspecified atom stereocenters. The maximum absolute atomic E-state index is 11.2. The Hall–Kier alpha value is -0.340. The first-order chi connectivity index (χ1) is 6.41. The molecule has 3 saturated heterocycles. The second-order valence-electron chi connectivity index (χ2n) is 2.84. The zero-order valence-electron chi connectivity index (χ0n) is 6.69. The van der Waals surface area contributed by atoms with E-state index in [2.05, 4.69) is 13.6 Å². The van der Waals surface area contributed by atoms with E-state index >= 15 is 0 Å². The van der Waals surface area contributed by atoms with Crippen molar-refractivity contribution in [2.24, 2.45) is 0 Å². The van der Waals surface area contributed by atoms with Crippen LogP contribution < -0.4 is 0 Å². The molecule has 3 N–H and O–H groups in total. The average Bonchev–Trinajstić information content (AvgIpc) is 2.08. The number of hydrogen-bond acceptors (Lipinski definition) is 8. The lowest BCUT2D eigenvalue weighted by atomic mass is 10.1. The zero-order valence-corrected chi connectivity index (χ0v) is 7.59. The summed E-state index contributed by atoms with van der Waals surface area (Å²) >= 11 is 0. The molecular weight excluding hydrogens is 219 g/mol. The van der Waals surface area contributed by atoms with Crippen molar-refractivity contribution in [2.75, 3.05) is 6.61 Å². The number of phosphoric acid groups is 1. The molecule has 9 heteroatoms. The van der Waals surface area contributed by atoms with Gasteiger partial charge in [-0.15, -0.1) is 0 Å². The van der Waals surface area contributed by atoms with Crippen LogP contribution in [0.3, 0.4) is 0 Å². The number of carbonyl (C=O) groups is 1. The van der Waals surface area contributed by atoms with Crippen LogP contribution in [0.25, 0.3) is 0 Å². The van der Waals surface area contributed by atoms with Crippen LogP contribution in [0.2, 0.25) is 0 Å². The summed E-state index contributed by atoms with van der Waals surface area (Å²) in [4.78, 5) is 11.2. The van der Waals surface area contributed by atoms with E-state index in [0.717, 1.165) is 0 Å². The third-order valence-corrected chi connectivity index (χ3v) is 3.29. The summed E-state index contributed by atoms with van der Waals surface area (Å²) in [6.45, 7) is -0.922. The summed E-state index contributed by atoms with van der Waals surface area (Å²) in [5, 5.41) is 27.1. The highest BCUT2D eigenvalue weighted by molar-refractivity contribution is 7.50. The van der Waals surface area contributed by atoms with Crippen molar-refractivity contribution in [1.29, 1.82) is 0 Å². The van der Waals surface area contributed by atoms with Crippen molar-refractivity contribution in [3.8, 4) is 0 Å². The Morgan fingerprint density at radius 1 is 1.57 bits per heavy atom. The van der Waals surface area contributed by atoms with Crippen LogP contribution >= 0.6 is 7.82 Å². The summed E-state index contributed by atoms with van der Waals surface area (Å²) in [6, 6.07) is 0. The third-order valence-electron chi connectivity index (χ3n) is 1.89. The predicted molar refractivity (Wildman–Crippen MR) is 37.7 cm³/mol. The maximum Gasteiger partial charge on any atom is 0.483 e. The number of aliphatic hydroxyl groups is 3. The minimum absolute atomic E-state index is 0.922. The van der Waals surface area contributed by atoms with E-state index in [9.17, 15) is 14.5 Å². The Morgan fingerprint density at radius 3 is 2.64 bits per heavy atom. The molecule has 0 radical (unpaired) electrons. The van der Waals surface area contributed by atoms with Crippen LogP contribution in [0.4, 0.5) is 0 Å². The first-order valence-corrected chi connectivity index (χ1v) is 5.10. The van der Waals surface area contributed by atoms with E-state index in [0.29, 0.717) is 0 Å². The van der Waals surface area contributed by atoms with E-state index in [-0.39, 0.29) is 0 Å². The quantitative estimate of drug-likeness (QED) is 0.467. The van der Waals surface area contributed by atoms with E-state index in [1.54, 1.807) is 0 Å². The number of aliphatic hydroxyl groups excluding tert-OH is 2. The lowest BCUT2D eigenvalue weighted by Gasteiger charge is -2.45. The van der Waals surface area contributed by atoms with Gasteiger partial charge in [-0.05, 0) is 0 Å². The van der Waals surface area contributed by atoms with Gasteiger partial charge in [-0.25, -0.2) is 18.1 Å². The number of rotatable bonds is 2. The van der Waals surface area contributed by atoms with Gasteiger partial charge >= 0.3 is 7.82 Å². The standard InChI is InChI=1S/C5H7O8P/c6-1-2(7)5(9)3(8)4-11-14(10,12-4)13-5/h2,4,6-7,9H,1H2/t2-,4?,5+,14?/m1/s1. The molecule has 2 atom stereocenters. The lowest BCUT2D eigenvalue weighted by molar-refractivity contribution is -0.279. The van der Waals surface area contributed by atoms with Crippen molar-refractivity contribution in [2.45, 2.75) is 18.2 Å². The van der Waals surface area contributed by atoms with Crippen LogP contribution in [-0.4, -0.2) is 45.9 Å². The summed E-state index contributed by atoms with van der Waals surface area (Å²) in [6.07, 6.45) is -3.39. The Balaban J connectivity index is 2.28. The second kappa shape index (κ2) is 2.83.